The summed E-state index contributed by atoms with van der Waals surface area (Å²) in [5.41, 5.74) is 9.36. The molecule has 0 spiro atoms. The van der Waals surface area contributed by atoms with Crippen LogP contribution in [0.2, 0.25) is 0 Å². The normalized spacial score (nSPS) is 18.1. The van der Waals surface area contributed by atoms with Crippen LogP contribution in [0.3, 0.4) is 0 Å². The molecule has 1 heterocycles. The molecule has 0 aliphatic carbocycles. The van der Waals surface area contributed by atoms with Crippen molar-refractivity contribution in [3.63, 3.8) is 0 Å². The smallest absolute Gasteiger partial charge is 0.337 e. The van der Waals surface area contributed by atoms with Crippen LogP contribution in [0.15, 0.2) is 40.5 Å². The van der Waals surface area contributed by atoms with Gasteiger partial charge in [0.25, 0.3) is 0 Å². The predicted octanol–water partition coefficient (Wildman–Crippen LogP) is 3.96. The van der Waals surface area contributed by atoms with Crippen LogP contribution in [0.4, 0.5) is 0 Å². The molecule has 124 valence electrons. The average Bonchev–Trinajstić information content (AvgIpc) is 2.46. The molecule has 0 fully saturated rings. The molecule has 1 aromatic rings. The van der Waals surface area contributed by atoms with Gasteiger partial charge in [-0.1, -0.05) is 55.4 Å². The molecule has 0 saturated carbocycles. The fourth-order valence-corrected chi connectivity index (χ4v) is 3.43. The number of thioether (sulfide) groups is 1. The Balaban J connectivity index is 2.25. The Kier molecular flexibility index (Phi) is 5.88. The van der Waals surface area contributed by atoms with Gasteiger partial charge >= 0.3 is 5.97 Å². The van der Waals surface area contributed by atoms with Gasteiger partial charge in [-0.25, -0.2) is 9.79 Å². The Labute approximate surface area is 142 Å². The number of rotatable bonds is 5. The minimum Gasteiger partial charge on any atom is -0.462 e. The van der Waals surface area contributed by atoms with E-state index in [1.807, 2.05) is 38.1 Å². The van der Waals surface area contributed by atoms with Crippen molar-refractivity contribution in [3.05, 3.63) is 46.7 Å². The second-order valence-electron chi connectivity index (χ2n) is 6.18. The molecule has 4 nitrogen and oxygen atoms in total. The number of ether oxygens (including phenoxy) is 1. The summed E-state index contributed by atoms with van der Waals surface area (Å²) in [6, 6.07) is 8.13. The van der Waals surface area contributed by atoms with Crippen LogP contribution >= 0.6 is 11.8 Å². The molecule has 1 aliphatic heterocycles. The maximum Gasteiger partial charge on any atom is 0.337 e. The number of allylic oxidation sites excluding steroid dienone is 1. The molecule has 0 bridgehead atoms. The molecule has 5 heteroatoms. The Bertz CT molecular complexity index is 633. The maximum atomic E-state index is 12.5. The van der Waals surface area contributed by atoms with Crippen LogP contribution < -0.4 is 5.73 Å². The zero-order valence-corrected chi connectivity index (χ0v) is 14.9. The first-order valence-corrected chi connectivity index (χ1v) is 8.71. The van der Waals surface area contributed by atoms with Gasteiger partial charge in [0.05, 0.1) is 23.1 Å². The highest BCUT2D eigenvalue weighted by atomic mass is 32.2. The lowest BCUT2D eigenvalue weighted by Crippen LogP contribution is -2.22. The van der Waals surface area contributed by atoms with Crippen molar-refractivity contribution < 1.29 is 9.53 Å². The van der Waals surface area contributed by atoms with Crippen LogP contribution in [0, 0.1) is 12.8 Å². The van der Waals surface area contributed by atoms with Crippen LogP contribution in [0.1, 0.15) is 43.6 Å². The molecule has 1 atom stereocenters. The summed E-state index contributed by atoms with van der Waals surface area (Å²) in [7, 11) is 0. The number of carbonyl (C=O) groups is 1. The van der Waals surface area contributed by atoms with E-state index in [0.717, 1.165) is 12.0 Å². The summed E-state index contributed by atoms with van der Waals surface area (Å²) in [6.45, 7) is 8.49. The van der Waals surface area contributed by atoms with Gasteiger partial charge in [0.2, 0.25) is 0 Å². The van der Waals surface area contributed by atoms with Crippen molar-refractivity contribution in [3.8, 4) is 0 Å². The van der Waals surface area contributed by atoms with E-state index in [9.17, 15) is 4.79 Å². The molecule has 0 radical (unpaired) electrons. The lowest BCUT2D eigenvalue weighted by atomic mass is 10.0. The summed E-state index contributed by atoms with van der Waals surface area (Å²) in [5.74, 6) is 0.206. The number of esters is 1. The summed E-state index contributed by atoms with van der Waals surface area (Å²) < 4.78 is 5.45. The van der Waals surface area contributed by atoms with Gasteiger partial charge in [-0.05, 0) is 31.7 Å². The van der Waals surface area contributed by atoms with Gasteiger partial charge in [-0.2, -0.15) is 0 Å². The van der Waals surface area contributed by atoms with Crippen LogP contribution in [0.5, 0.6) is 0 Å². The zero-order valence-electron chi connectivity index (χ0n) is 14.1. The number of nitrogens with two attached hydrogens (primary N) is 1. The van der Waals surface area contributed by atoms with Gasteiger partial charge in [0.1, 0.15) is 0 Å². The lowest BCUT2D eigenvalue weighted by Gasteiger charge is -2.24. The third kappa shape index (κ3) is 4.61. The lowest BCUT2D eigenvalue weighted by molar-refractivity contribution is -0.139. The van der Waals surface area contributed by atoms with E-state index in [-0.39, 0.29) is 11.2 Å². The van der Waals surface area contributed by atoms with E-state index >= 15 is 0 Å². The van der Waals surface area contributed by atoms with E-state index in [1.54, 1.807) is 0 Å². The Morgan fingerprint density at radius 1 is 1.30 bits per heavy atom. The van der Waals surface area contributed by atoms with Crippen molar-refractivity contribution in [2.45, 2.75) is 39.4 Å². The second kappa shape index (κ2) is 7.68. The van der Waals surface area contributed by atoms with Crippen LogP contribution in [-0.4, -0.2) is 17.7 Å². The van der Waals surface area contributed by atoms with Gasteiger partial charge < -0.3 is 10.5 Å². The molecule has 0 aromatic heterocycles. The molecule has 1 aromatic carbocycles. The van der Waals surface area contributed by atoms with E-state index in [4.69, 9.17) is 10.5 Å². The number of aryl methyl sites for hydroxylation is 1. The molecule has 0 saturated heterocycles. The fraction of sp³-hybridized carbons (Fsp3) is 0.444. The number of benzene rings is 1. The number of carbonyl (C=O) groups excluding carboxylic acids is 1. The van der Waals surface area contributed by atoms with Gasteiger partial charge in [0, 0.05) is 0 Å². The van der Waals surface area contributed by atoms with E-state index in [2.05, 4.69) is 18.8 Å². The Morgan fingerprint density at radius 2 is 1.96 bits per heavy atom. The molecule has 2 N–H and O–H groups in total. The van der Waals surface area contributed by atoms with E-state index < -0.39 is 0 Å². The number of hydrogen-bond donors (Lipinski definition) is 1. The minimum atomic E-state index is -0.294. The number of amidine groups is 1. The average molecular weight is 332 g/mol. The van der Waals surface area contributed by atoms with Crippen LogP contribution in [0.25, 0.3) is 0 Å². The van der Waals surface area contributed by atoms with Crippen molar-refractivity contribution in [2.75, 3.05) is 6.61 Å². The highest BCUT2D eigenvalue weighted by Gasteiger charge is 2.31. The molecular formula is C18H24N2O2S. The first-order valence-electron chi connectivity index (χ1n) is 7.83. The van der Waals surface area contributed by atoms with Crippen molar-refractivity contribution >= 4 is 22.9 Å². The van der Waals surface area contributed by atoms with Gasteiger partial charge in [0.15, 0.2) is 5.17 Å². The third-order valence-corrected chi connectivity index (χ3v) is 4.77. The topological polar surface area (TPSA) is 64.7 Å². The number of aliphatic imine (C=N–C) groups is 1. The van der Waals surface area contributed by atoms with Crippen LogP contribution in [-0.2, 0) is 9.53 Å². The summed E-state index contributed by atoms with van der Waals surface area (Å²) >= 11 is 1.39. The number of hydrogen-bond acceptors (Lipinski definition) is 5. The molecular weight excluding hydrogens is 308 g/mol. The Morgan fingerprint density at radius 3 is 2.57 bits per heavy atom. The largest absolute Gasteiger partial charge is 0.462 e. The highest BCUT2D eigenvalue weighted by molar-refractivity contribution is 8.14. The molecule has 1 unspecified atom stereocenters. The SMILES string of the molecule is CC1=C(C(=O)OCCC(C)C)C(c2ccc(C)cc2)SC(N)=N1. The molecule has 2 rings (SSSR count). The summed E-state index contributed by atoms with van der Waals surface area (Å²) in [4.78, 5) is 16.8. The third-order valence-electron chi connectivity index (χ3n) is 3.70. The standard InChI is InChI=1S/C18H24N2O2S/c1-11(2)9-10-22-17(21)15-13(4)20-18(19)23-16(15)14-7-5-12(3)6-8-14/h5-8,11,16H,9-10H2,1-4H3,(H2,19,20). The first-order chi connectivity index (χ1) is 10.9. The van der Waals surface area contributed by atoms with Gasteiger partial charge in [-0.15, -0.1) is 0 Å². The van der Waals surface area contributed by atoms with Gasteiger partial charge in [-0.3, -0.25) is 0 Å². The minimum absolute atomic E-state index is 0.167. The fourth-order valence-electron chi connectivity index (χ4n) is 2.32. The monoisotopic (exact) mass is 332 g/mol. The molecule has 1 aliphatic rings. The Hall–Kier alpha value is -1.75. The van der Waals surface area contributed by atoms with Crippen molar-refractivity contribution in [2.24, 2.45) is 16.6 Å². The summed E-state index contributed by atoms with van der Waals surface area (Å²) in [6.07, 6.45) is 0.853. The quantitative estimate of drug-likeness (QED) is 0.829. The first kappa shape index (κ1) is 17.6. The zero-order chi connectivity index (χ0) is 17.0. The molecule has 0 amide bonds. The summed E-state index contributed by atoms with van der Waals surface area (Å²) in [5, 5.41) is 0.312. The highest BCUT2D eigenvalue weighted by Crippen LogP contribution is 2.41. The molecule has 23 heavy (non-hydrogen) atoms. The van der Waals surface area contributed by atoms with E-state index in [1.165, 1.54) is 17.3 Å². The predicted molar refractivity (Wildman–Crippen MR) is 96.2 cm³/mol. The van der Waals surface area contributed by atoms with E-state index in [0.29, 0.717) is 29.0 Å². The number of nitrogens with zero attached hydrogens (tertiary/aromatic N) is 1. The second-order valence-corrected chi connectivity index (χ2v) is 7.30. The van der Waals surface area contributed by atoms with Crippen molar-refractivity contribution in [1.29, 1.82) is 0 Å². The maximum absolute atomic E-state index is 12.5. The van der Waals surface area contributed by atoms with Crippen molar-refractivity contribution in [1.82, 2.24) is 0 Å².